The van der Waals surface area contributed by atoms with Crippen LogP contribution in [-0.2, 0) is 5.60 Å². The first-order valence-corrected chi connectivity index (χ1v) is 10.1. The van der Waals surface area contributed by atoms with Crippen LogP contribution in [0.1, 0.15) is 37.7 Å². The fourth-order valence-corrected chi connectivity index (χ4v) is 4.58. The van der Waals surface area contributed by atoms with Crippen LogP contribution in [0.25, 0.3) is 0 Å². The Hall–Kier alpha value is -1.88. The van der Waals surface area contributed by atoms with Crippen molar-refractivity contribution in [1.82, 2.24) is 4.90 Å². The Morgan fingerprint density at radius 2 is 1.52 bits per heavy atom. The number of hydrogen-bond donors (Lipinski definition) is 2. The van der Waals surface area contributed by atoms with Crippen LogP contribution in [-0.4, -0.2) is 46.5 Å². The van der Waals surface area contributed by atoms with E-state index in [9.17, 15) is 10.2 Å². The van der Waals surface area contributed by atoms with Crippen molar-refractivity contribution in [3.63, 3.8) is 0 Å². The lowest BCUT2D eigenvalue weighted by Gasteiger charge is -2.46. The lowest BCUT2D eigenvalue weighted by molar-refractivity contribution is -0.0871. The van der Waals surface area contributed by atoms with E-state index in [1.807, 2.05) is 60.7 Å². The number of para-hydroxylation sites is 1. The third-order valence-corrected chi connectivity index (χ3v) is 6.20. The smallest absolute Gasteiger partial charge is 0.126 e. The lowest BCUT2D eigenvalue weighted by atomic mass is 9.82. The first-order valence-electron chi connectivity index (χ1n) is 10.1. The molecule has 144 valence electrons. The molecule has 27 heavy (non-hydrogen) atoms. The predicted molar refractivity (Wildman–Crippen MR) is 106 cm³/mol. The minimum absolute atomic E-state index is 0.104. The van der Waals surface area contributed by atoms with E-state index >= 15 is 0 Å². The quantitative estimate of drug-likeness (QED) is 0.870. The van der Waals surface area contributed by atoms with Crippen molar-refractivity contribution >= 4 is 0 Å². The van der Waals surface area contributed by atoms with E-state index < -0.39 is 11.7 Å². The van der Waals surface area contributed by atoms with Gasteiger partial charge in [-0.3, -0.25) is 4.90 Å². The maximum atomic E-state index is 11.1. The van der Waals surface area contributed by atoms with Crippen molar-refractivity contribution in [3.05, 3.63) is 66.2 Å². The van der Waals surface area contributed by atoms with Gasteiger partial charge in [0.1, 0.15) is 18.0 Å². The van der Waals surface area contributed by atoms with Gasteiger partial charge in [-0.1, -0.05) is 48.5 Å². The summed E-state index contributed by atoms with van der Waals surface area (Å²) < 4.78 is 6.07. The van der Waals surface area contributed by atoms with Crippen LogP contribution in [0.4, 0.5) is 0 Å². The van der Waals surface area contributed by atoms with E-state index in [-0.39, 0.29) is 12.1 Å². The molecule has 2 aliphatic rings. The summed E-state index contributed by atoms with van der Waals surface area (Å²) in [6, 6.07) is 19.8. The van der Waals surface area contributed by atoms with Crippen molar-refractivity contribution in [2.75, 3.05) is 13.1 Å². The highest BCUT2D eigenvalue weighted by Crippen LogP contribution is 2.36. The Morgan fingerprint density at radius 3 is 2.19 bits per heavy atom. The van der Waals surface area contributed by atoms with Gasteiger partial charge in [-0.15, -0.1) is 0 Å². The number of aliphatic hydroxyl groups excluding tert-OH is 1. The average Bonchev–Trinajstić information content (AvgIpc) is 2.72. The predicted octanol–water partition coefficient (Wildman–Crippen LogP) is 3.33. The van der Waals surface area contributed by atoms with Gasteiger partial charge in [0.25, 0.3) is 0 Å². The van der Waals surface area contributed by atoms with E-state index in [0.717, 1.165) is 43.7 Å². The maximum Gasteiger partial charge on any atom is 0.126 e. The number of nitrogens with zero attached hydrogens (tertiary/aromatic N) is 1. The largest absolute Gasteiger partial charge is 0.488 e. The van der Waals surface area contributed by atoms with E-state index in [1.54, 1.807) is 0 Å². The van der Waals surface area contributed by atoms with Gasteiger partial charge in [-0.05, 0) is 49.8 Å². The van der Waals surface area contributed by atoms with E-state index in [4.69, 9.17) is 4.74 Å². The first-order chi connectivity index (χ1) is 13.2. The molecule has 4 nitrogen and oxygen atoms in total. The van der Waals surface area contributed by atoms with Crippen molar-refractivity contribution in [2.24, 2.45) is 0 Å². The molecule has 1 aliphatic heterocycles. The second kappa shape index (κ2) is 8.01. The summed E-state index contributed by atoms with van der Waals surface area (Å²) in [5.41, 5.74) is 0.247. The summed E-state index contributed by atoms with van der Waals surface area (Å²) >= 11 is 0. The number of rotatable bonds is 4. The number of piperidine rings is 1. The van der Waals surface area contributed by atoms with Crippen LogP contribution < -0.4 is 4.74 Å². The van der Waals surface area contributed by atoms with Gasteiger partial charge in [0, 0.05) is 19.1 Å². The SMILES string of the molecule is O[C@H]1[C@H](Oc2ccccc2)CCC[C@@H]1N1CCC(O)(c2ccccc2)CC1. The minimum atomic E-state index is -0.753. The Labute approximate surface area is 161 Å². The van der Waals surface area contributed by atoms with Gasteiger partial charge in [0.05, 0.1) is 5.60 Å². The molecular weight excluding hydrogens is 338 g/mol. The molecule has 2 aromatic carbocycles. The molecule has 0 aromatic heterocycles. The first kappa shape index (κ1) is 18.5. The molecule has 2 N–H and O–H groups in total. The van der Waals surface area contributed by atoms with Crippen molar-refractivity contribution in [2.45, 2.75) is 56.0 Å². The molecule has 1 saturated carbocycles. The van der Waals surface area contributed by atoms with E-state index in [1.165, 1.54) is 0 Å². The van der Waals surface area contributed by atoms with Crippen LogP contribution in [0.3, 0.4) is 0 Å². The third kappa shape index (κ3) is 4.03. The summed E-state index contributed by atoms with van der Waals surface area (Å²) in [6.07, 6.45) is 3.66. The summed E-state index contributed by atoms with van der Waals surface area (Å²) in [5, 5.41) is 22.0. The number of aliphatic hydroxyl groups is 2. The zero-order valence-electron chi connectivity index (χ0n) is 15.7. The van der Waals surface area contributed by atoms with Crippen molar-refractivity contribution in [3.8, 4) is 5.75 Å². The summed E-state index contributed by atoms with van der Waals surface area (Å²) in [5.74, 6) is 0.819. The molecule has 1 heterocycles. The normalized spacial score (nSPS) is 28.6. The van der Waals surface area contributed by atoms with Gasteiger partial charge in [0.2, 0.25) is 0 Å². The monoisotopic (exact) mass is 367 g/mol. The molecule has 0 spiro atoms. The molecule has 0 amide bonds. The van der Waals surface area contributed by atoms with Gasteiger partial charge in [-0.2, -0.15) is 0 Å². The molecule has 2 aromatic rings. The minimum Gasteiger partial charge on any atom is -0.488 e. The zero-order valence-corrected chi connectivity index (χ0v) is 15.7. The molecule has 4 heteroatoms. The van der Waals surface area contributed by atoms with Crippen LogP contribution in [0.2, 0.25) is 0 Å². The standard InChI is InChI=1S/C23H29NO3/c25-22-20(12-7-13-21(22)27-19-10-5-2-6-11-19)24-16-14-23(26,15-17-24)18-8-3-1-4-9-18/h1-6,8-11,20-22,25-26H,7,12-17H2/t20-,21+,22+/m0/s1. The zero-order chi connectivity index (χ0) is 18.7. The molecule has 3 atom stereocenters. The summed E-state index contributed by atoms with van der Waals surface area (Å²) in [7, 11) is 0. The van der Waals surface area contributed by atoms with Gasteiger partial charge >= 0.3 is 0 Å². The molecule has 1 saturated heterocycles. The van der Waals surface area contributed by atoms with Crippen LogP contribution >= 0.6 is 0 Å². The number of hydrogen-bond acceptors (Lipinski definition) is 4. The Bertz CT molecular complexity index is 713. The number of likely N-dealkylation sites (tertiary alicyclic amines) is 1. The molecule has 0 bridgehead atoms. The number of benzene rings is 2. The van der Waals surface area contributed by atoms with Crippen LogP contribution in [0, 0.1) is 0 Å². The summed E-state index contributed by atoms with van der Waals surface area (Å²) in [4.78, 5) is 2.35. The van der Waals surface area contributed by atoms with E-state index in [0.29, 0.717) is 12.8 Å². The average molecular weight is 367 g/mol. The fourth-order valence-electron chi connectivity index (χ4n) is 4.58. The third-order valence-electron chi connectivity index (χ3n) is 6.20. The molecule has 2 fully saturated rings. The molecule has 4 rings (SSSR count). The highest BCUT2D eigenvalue weighted by molar-refractivity contribution is 5.23. The Kier molecular flexibility index (Phi) is 5.48. The van der Waals surface area contributed by atoms with Gasteiger partial charge < -0.3 is 14.9 Å². The fraction of sp³-hybridized carbons (Fsp3) is 0.478. The Balaban J connectivity index is 1.39. The van der Waals surface area contributed by atoms with Gasteiger partial charge in [-0.25, -0.2) is 0 Å². The molecule has 1 aliphatic carbocycles. The molecular formula is C23H29NO3. The lowest BCUT2D eigenvalue weighted by Crippen LogP contribution is -2.56. The Morgan fingerprint density at radius 1 is 0.889 bits per heavy atom. The van der Waals surface area contributed by atoms with Gasteiger partial charge in [0.15, 0.2) is 0 Å². The molecule has 0 unspecified atom stereocenters. The topological polar surface area (TPSA) is 52.9 Å². The van der Waals surface area contributed by atoms with E-state index in [2.05, 4.69) is 4.90 Å². The van der Waals surface area contributed by atoms with Crippen LogP contribution in [0.5, 0.6) is 5.75 Å². The highest BCUT2D eigenvalue weighted by atomic mass is 16.5. The van der Waals surface area contributed by atoms with Crippen molar-refractivity contribution in [1.29, 1.82) is 0 Å². The number of ether oxygens (including phenoxy) is 1. The second-order valence-corrected chi connectivity index (χ2v) is 7.89. The summed E-state index contributed by atoms with van der Waals surface area (Å²) in [6.45, 7) is 1.59. The highest BCUT2D eigenvalue weighted by Gasteiger charge is 2.41. The van der Waals surface area contributed by atoms with Crippen molar-refractivity contribution < 1.29 is 14.9 Å². The van der Waals surface area contributed by atoms with Crippen LogP contribution in [0.15, 0.2) is 60.7 Å². The molecule has 0 radical (unpaired) electrons. The maximum absolute atomic E-state index is 11.1. The second-order valence-electron chi connectivity index (χ2n) is 7.89.